The Morgan fingerprint density at radius 3 is 2.62 bits per heavy atom. The van der Waals surface area contributed by atoms with Crippen LogP contribution in [0.15, 0.2) is 43.2 Å². The molecule has 1 aromatic heterocycles. The summed E-state index contributed by atoms with van der Waals surface area (Å²) in [6.07, 6.45) is 4.54. The summed E-state index contributed by atoms with van der Waals surface area (Å²) >= 11 is 11.8. The summed E-state index contributed by atoms with van der Waals surface area (Å²) in [6.45, 7) is 4.13. The first-order valence-corrected chi connectivity index (χ1v) is 6.79. The molecule has 0 aliphatic heterocycles. The predicted octanol–water partition coefficient (Wildman–Crippen LogP) is 3.63. The van der Waals surface area contributed by atoms with Gasteiger partial charge in [-0.25, -0.2) is 9.97 Å². The summed E-state index contributed by atoms with van der Waals surface area (Å²) in [7, 11) is 0. The van der Waals surface area contributed by atoms with E-state index in [2.05, 4.69) is 27.2 Å². The van der Waals surface area contributed by atoms with Crippen molar-refractivity contribution in [3.8, 4) is 0 Å². The van der Waals surface area contributed by atoms with Crippen molar-refractivity contribution in [2.75, 3.05) is 17.2 Å². The van der Waals surface area contributed by atoms with Gasteiger partial charge in [-0.05, 0) is 18.2 Å². The van der Waals surface area contributed by atoms with Gasteiger partial charge < -0.3 is 10.6 Å². The minimum absolute atomic E-state index is 0.324. The van der Waals surface area contributed by atoms with Crippen LogP contribution in [0.25, 0.3) is 0 Å². The predicted molar refractivity (Wildman–Crippen MR) is 85.1 cm³/mol. The van der Waals surface area contributed by atoms with Crippen LogP contribution in [0.1, 0.15) is 10.4 Å². The topological polar surface area (TPSA) is 66.9 Å². The van der Waals surface area contributed by atoms with Gasteiger partial charge in [0.05, 0.1) is 16.3 Å². The maximum Gasteiger partial charge on any atom is 0.258 e. The molecule has 0 aliphatic carbocycles. The third kappa shape index (κ3) is 4.18. The van der Waals surface area contributed by atoms with E-state index in [1.807, 2.05) is 0 Å². The SMILES string of the molecule is C=CCNc1ncc(C(=O)Nc2ccc(Cl)cc2Cl)cn1. The first-order valence-electron chi connectivity index (χ1n) is 6.03. The number of anilines is 2. The van der Waals surface area contributed by atoms with Crippen LogP contribution in [0.4, 0.5) is 11.6 Å². The molecule has 1 aromatic carbocycles. The highest BCUT2D eigenvalue weighted by atomic mass is 35.5. The molecule has 7 heteroatoms. The molecule has 1 amide bonds. The fourth-order valence-electron chi connectivity index (χ4n) is 1.49. The van der Waals surface area contributed by atoms with Gasteiger partial charge in [0.2, 0.25) is 5.95 Å². The maximum absolute atomic E-state index is 12.1. The Labute approximate surface area is 132 Å². The molecule has 0 radical (unpaired) electrons. The largest absolute Gasteiger partial charge is 0.351 e. The van der Waals surface area contributed by atoms with E-state index in [1.165, 1.54) is 12.4 Å². The number of aromatic nitrogens is 2. The molecule has 0 aliphatic rings. The van der Waals surface area contributed by atoms with Crippen molar-refractivity contribution >= 4 is 40.7 Å². The average Bonchev–Trinajstić information content (AvgIpc) is 2.48. The Bertz CT molecular complexity index is 659. The lowest BCUT2D eigenvalue weighted by Gasteiger charge is -2.07. The van der Waals surface area contributed by atoms with E-state index in [1.54, 1.807) is 24.3 Å². The lowest BCUT2D eigenvalue weighted by atomic mass is 10.2. The molecule has 2 N–H and O–H groups in total. The Hall–Kier alpha value is -2.11. The van der Waals surface area contributed by atoms with E-state index in [9.17, 15) is 4.79 Å². The molecule has 0 unspecified atom stereocenters. The summed E-state index contributed by atoms with van der Waals surface area (Å²) in [4.78, 5) is 20.1. The van der Waals surface area contributed by atoms with Crippen molar-refractivity contribution < 1.29 is 4.79 Å². The summed E-state index contributed by atoms with van der Waals surface area (Å²) in [5, 5.41) is 6.45. The van der Waals surface area contributed by atoms with Gasteiger partial charge in [0.15, 0.2) is 0 Å². The van der Waals surface area contributed by atoms with Crippen LogP contribution in [-0.4, -0.2) is 22.4 Å². The molecule has 0 fully saturated rings. The minimum Gasteiger partial charge on any atom is -0.351 e. The van der Waals surface area contributed by atoms with E-state index >= 15 is 0 Å². The van der Waals surface area contributed by atoms with Gasteiger partial charge in [-0.2, -0.15) is 0 Å². The Morgan fingerprint density at radius 2 is 2.00 bits per heavy atom. The molecular formula is C14H12Cl2N4O. The van der Waals surface area contributed by atoms with Crippen molar-refractivity contribution in [3.63, 3.8) is 0 Å². The minimum atomic E-state index is -0.352. The average molecular weight is 323 g/mol. The lowest BCUT2D eigenvalue weighted by Crippen LogP contribution is -2.13. The Kier molecular flexibility index (Phi) is 5.14. The zero-order valence-corrected chi connectivity index (χ0v) is 12.4. The Balaban J connectivity index is 2.07. The van der Waals surface area contributed by atoms with Crippen LogP contribution in [0.3, 0.4) is 0 Å². The number of carbonyl (C=O) groups is 1. The van der Waals surface area contributed by atoms with Crippen molar-refractivity contribution in [3.05, 3.63) is 58.9 Å². The van der Waals surface area contributed by atoms with Gasteiger partial charge in [-0.3, -0.25) is 4.79 Å². The molecule has 21 heavy (non-hydrogen) atoms. The molecule has 0 bridgehead atoms. The van der Waals surface area contributed by atoms with E-state index in [0.717, 1.165) is 0 Å². The third-order valence-corrected chi connectivity index (χ3v) is 3.05. The quantitative estimate of drug-likeness (QED) is 0.825. The number of nitrogens with one attached hydrogen (secondary N) is 2. The summed E-state index contributed by atoms with van der Waals surface area (Å²) in [6, 6.07) is 4.82. The van der Waals surface area contributed by atoms with E-state index in [0.29, 0.717) is 33.8 Å². The molecule has 2 aromatic rings. The fourth-order valence-corrected chi connectivity index (χ4v) is 1.94. The monoisotopic (exact) mass is 322 g/mol. The van der Waals surface area contributed by atoms with Gasteiger partial charge in [0.25, 0.3) is 5.91 Å². The third-order valence-electron chi connectivity index (χ3n) is 2.50. The number of carbonyl (C=O) groups excluding carboxylic acids is 1. The van der Waals surface area contributed by atoms with Crippen LogP contribution in [0, 0.1) is 0 Å². The fraction of sp³-hybridized carbons (Fsp3) is 0.0714. The molecule has 2 rings (SSSR count). The van der Waals surface area contributed by atoms with Crippen LogP contribution >= 0.6 is 23.2 Å². The maximum atomic E-state index is 12.1. The van der Waals surface area contributed by atoms with Crippen molar-refractivity contribution in [2.45, 2.75) is 0 Å². The highest BCUT2D eigenvalue weighted by Gasteiger charge is 2.10. The number of amides is 1. The van der Waals surface area contributed by atoms with E-state index < -0.39 is 0 Å². The highest BCUT2D eigenvalue weighted by Crippen LogP contribution is 2.25. The smallest absolute Gasteiger partial charge is 0.258 e. The van der Waals surface area contributed by atoms with Crippen molar-refractivity contribution in [1.82, 2.24) is 9.97 Å². The summed E-state index contributed by atoms with van der Waals surface area (Å²) in [5.41, 5.74) is 0.796. The van der Waals surface area contributed by atoms with Gasteiger partial charge in [0.1, 0.15) is 0 Å². The summed E-state index contributed by atoms with van der Waals surface area (Å²) in [5.74, 6) is 0.0745. The summed E-state index contributed by atoms with van der Waals surface area (Å²) < 4.78 is 0. The number of rotatable bonds is 5. The van der Waals surface area contributed by atoms with Crippen LogP contribution in [-0.2, 0) is 0 Å². The number of hydrogen-bond donors (Lipinski definition) is 2. The van der Waals surface area contributed by atoms with Gasteiger partial charge >= 0.3 is 0 Å². The first kappa shape index (κ1) is 15.3. The van der Waals surface area contributed by atoms with Gasteiger partial charge in [0, 0.05) is 24.0 Å². The molecule has 0 saturated heterocycles. The number of nitrogens with zero attached hydrogens (tertiary/aromatic N) is 2. The van der Waals surface area contributed by atoms with E-state index in [4.69, 9.17) is 23.2 Å². The first-order chi connectivity index (χ1) is 10.1. The van der Waals surface area contributed by atoms with Crippen molar-refractivity contribution in [2.24, 2.45) is 0 Å². The molecule has 0 atom stereocenters. The zero-order valence-electron chi connectivity index (χ0n) is 10.9. The van der Waals surface area contributed by atoms with Crippen LogP contribution in [0.5, 0.6) is 0 Å². The second kappa shape index (κ2) is 7.06. The Morgan fingerprint density at radius 1 is 1.29 bits per heavy atom. The van der Waals surface area contributed by atoms with E-state index in [-0.39, 0.29) is 5.91 Å². The number of halogens is 2. The normalized spacial score (nSPS) is 10.0. The molecule has 5 nitrogen and oxygen atoms in total. The highest BCUT2D eigenvalue weighted by molar-refractivity contribution is 6.36. The van der Waals surface area contributed by atoms with Gasteiger partial charge in [-0.15, -0.1) is 6.58 Å². The van der Waals surface area contributed by atoms with Crippen molar-refractivity contribution in [1.29, 1.82) is 0 Å². The second-order valence-electron chi connectivity index (χ2n) is 4.04. The molecule has 1 heterocycles. The number of benzene rings is 1. The second-order valence-corrected chi connectivity index (χ2v) is 4.89. The standard InChI is InChI=1S/C14H12Cl2N4O/c1-2-5-17-14-18-7-9(8-19-14)13(21)20-12-4-3-10(15)6-11(12)16/h2-4,6-8H,1,5H2,(H,20,21)(H,17,18,19). The molecular weight excluding hydrogens is 311 g/mol. The van der Waals surface area contributed by atoms with Gasteiger partial charge in [-0.1, -0.05) is 29.3 Å². The molecule has 108 valence electrons. The van der Waals surface area contributed by atoms with Crippen LogP contribution < -0.4 is 10.6 Å². The lowest BCUT2D eigenvalue weighted by molar-refractivity contribution is 0.102. The molecule has 0 spiro atoms. The molecule has 0 saturated carbocycles. The number of hydrogen-bond acceptors (Lipinski definition) is 4. The van der Waals surface area contributed by atoms with Crippen LogP contribution in [0.2, 0.25) is 10.0 Å². The zero-order chi connectivity index (χ0) is 15.2.